The molecule has 0 saturated carbocycles. The predicted molar refractivity (Wildman–Crippen MR) is 79.8 cm³/mol. The fraction of sp³-hybridized carbons (Fsp3) is 0.571. The third-order valence-electron chi connectivity index (χ3n) is 3.40. The number of carbonyl (C=O) groups excluding carboxylic acids is 2. The Kier molecular flexibility index (Phi) is 5.30. The summed E-state index contributed by atoms with van der Waals surface area (Å²) in [5.74, 6) is -0.386. The molecule has 0 radical (unpaired) electrons. The van der Waals surface area contributed by atoms with Crippen molar-refractivity contribution >= 4 is 23.2 Å². The fourth-order valence-electron chi connectivity index (χ4n) is 1.35. The summed E-state index contributed by atoms with van der Waals surface area (Å²) in [5.41, 5.74) is -1.16. The van der Waals surface area contributed by atoms with Crippen LogP contribution in [-0.4, -0.2) is 34.6 Å². The van der Waals surface area contributed by atoms with Gasteiger partial charge in [0.15, 0.2) is 0 Å². The Hall–Kier alpha value is -1.40. The minimum absolute atomic E-state index is 0.176. The van der Waals surface area contributed by atoms with Gasteiger partial charge in [-0.05, 0) is 39.1 Å². The molecule has 0 aliphatic carbocycles. The quantitative estimate of drug-likeness (QED) is 0.745. The molecule has 0 spiro atoms. The van der Waals surface area contributed by atoms with E-state index in [9.17, 15) is 14.7 Å². The third-order valence-corrected chi connectivity index (χ3v) is 4.09. The van der Waals surface area contributed by atoms with Crippen molar-refractivity contribution in [2.45, 2.75) is 45.3 Å². The van der Waals surface area contributed by atoms with E-state index in [1.165, 1.54) is 11.3 Å². The molecule has 0 unspecified atom stereocenters. The van der Waals surface area contributed by atoms with Crippen molar-refractivity contribution in [3.63, 3.8) is 0 Å². The van der Waals surface area contributed by atoms with Crippen LogP contribution in [0.2, 0.25) is 0 Å². The van der Waals surface area contributed by atoms with Gasteiger partial charge < -0.3 is 15.7 Å². The van der Waals surface area contributed by atoms with E-state index >= 15 is 0 Å². The van der Waals surface area contributed by atoms with Crippen LogP contribution >= 0.6 is 11.3 Å². The van der Waals surface area contributed by atoms with Crippen LogP contribution in [-0.2, 0) is 4.79 Å². The Morgan fingerprint density at radius 3 is 2.45 bits per heavy atom. The van der Waals surface area contributed by atoms with E-state index in [1.807, 2.05) is 5.38 Å². The van der Waals surface area contributed by atoms with E-state index in [4.69, 9.17) is 0 Å². The first kappa shape index (κ1) is 16.7. The van der Waals surface area contributed by atoms with Gasteiger partial charge in [-0.1, -0.05) is 0 Å². The molecule has 0 aliphatic rings. The second-order valence-electron chi connectivity index (χ2n) is 5.75. The molecule has 6 heteroatoms. The summed E-state index contributed by atoms with van der Waals surface area (Å²) in [6.07, 6.45) is 0.176. The monoisotopic (exact) mass is 298 g/mol. The zero-order valence-electron chi connectivity index (χ0n) is 12.3. The highest BCUT2D eigenvalue weighted by Crippen LogP contribution is 2.20. The first-order valence-corrected chi connectivity index (χ1v) is 7.41. The Bertz CT molecular complexity index is 461. The second-order valence-corrected chi connectivity index (χ2v) is 6.53. The van der Waals surface area contributed by atoms with Gasteiger partial charge in [-0.2, -0.15) is 11.3 Å². The first-order chi connectivity index (χ1) is 9.13. The summed E-state index contributed by atoms with van der Waals surface area (Å²) in [6.45, 7) is 7.07. The predicted octanol–water partition coefficient (Wildman–Crippen LogP) is 1.53. The lowest BCUT2D eigenvalue weighted by atomic mass is 9.86. The number of hydrogen-bond donors (Lipinski definition) is 3. The molecule has 1 aromatic rings. The molecule has 3 N–H and O–H groups in total. The van der Waals surface area contributed by atoms with E-state index in [0.717, 1.165) is 0 Å². The van der Waals surface area contributed by atoms with Crippen molar-refractivity contribution < 1.29 is 14.7 Å². The summed E-state index contributed by atoms with van der Waals surface area (Å²) in [5, 5.41) is 19.0. The van der Waals surface area contributed by atoms with E-state index in [2.05, 4.69) is 10.6 Å². The Labute approximate surface area is 123 Å². The zero-order chi connectivity index (χ0) is 15.4. The van der Waals surface area contributed by atoms with E-state index < -0.39 is 11.1 Å². The van der Waals surface area contributed by atoms with Crippen molar-refractivity contribution in [3.05, 3.63) is 22.4 Å². The molecule has 0 aromatic carbocycles. The number of rotatable bonds is 6. The van der Waals surface area contributed by atoms with Gasteiger partial charge >= 0.3 is 0 Å². The van der Waals surface area contributed by atoms with E-state index in [-0.39, 0.29) is 24.8 Å². The third kappa shape index (κ3) is 4.61. The molecular formula is C14H22N2O3S. The van der Waals surface area contributed by atoms with Crippen LogP contribution in [0.5, 0.6) is 0 Å². The average molecular weight is 298 g/mol. The lowest BCUT2D eigenvalue weighted by Crippen LogP contribution is -2.58. The van der Waals surface area contributed by atoms with Gasteiger partial charge in [0, 0.05) is 23.9 Å². The standard InChI is InChI=1S/C14H22N2O3S/c1-13(2,14(3,4)19)16-11(17)5-7-15-12(18)10-6-8-20-9-10/h6,8-9,19H,5,7H2,1-4H3,(H,15,18)(H,16,17). The lowest BCUT2D eigenvalue weighted by Gasteiger charge is -2.38. The van der Waals surface area contributed by atoms with Crippen molar-refractivity contribution in [1.82, 2.24) is 10.6 Å². The fourth-order valence-corrected chi connectivity index (χ4v) is 1.99. The Balaban J connectivity index is 2.36. The molecule has 1 aromatic heterocycles. The number of nitrogens with one attached hydrogen (secondary N) is 2. The first-order valence-electron chi connectivity index (χ1n) is 6.47. The summed E-state index contributed by atoms with van der Waals surface area (Å²) >= 11 is 1.45. The summed E-state index contributed by atoms with van der Waals surface area (Å²) < 4.78 is 0. The molecule has 0 saturated heterocycles. The molecular weight excluding hydrogens is 276 g/mol. The van der Waals surface area contributed by atoms with Gasteiger partial charge in [-0.3, -0.25) is 9.59 Å². The maximum atomic E-state index is 11.8. The number of thiophene rings is 1. The van der Waals surface area contributed by atoms with Crippen LogP contribution in [0.1, 0.15) is 44.5 Å². The lowest BCUT2D eigenvalue weighted by molar-refractivity contribution is -0.126. The van der Waals surface area contributed by atoms with Crippen molar-refractivity contribution in [3.8, 4) is 0 Å². The minimum Gasteiger partial charge on any atom is -0.388 e. The Morgan fingerprint density at radius 2 is 1.95 bits per heavy atom. The van der Waals surface area contributed by atoms with Crippen molar-refractivity contribution in [1.29, 1.82) is 0 Å². The highest BCUT2D eigenvalue weighted by atomic mass is 32.1. The van der Waals surface area contributed by atoms with Crippen LogP contribution in [0.4, 0.5) is 0 Å². The van der Waals surface area contributed by atoms with Crippen LogP contribution in [0.25, 0.3) is 0 Å². The average Bonchev–Trinajstić information content (AvgIpc) is 2.79. The van der Waals surface area contributed by atoms with Crippen molar-refractivity contribution in [2.75, 3.05) is 6.54 Å². The number of amides is 2. The van der Waals surface area contributed by atoms with Gasteiger partial charge in [-0.15, -0.1) is 0 Å². The maximum absolute atomic E-state index is 11.8. The minimum atomic E-state index is -1.03. The van der Waals surface area contributed by atoms with Gasteiger partial charge in [0.25, 0.3) is 5.91 Å². The highest BCUT2D eigenvalue weighted by molar-refractivity contribution is 7.08. The van der Waals surface area contributed by atoms with Crippen molar-refractivity contribution in [2.24, 2.45) is 0 Å². The SMILES string of the molecule is CC(C)(O)C(C)(C)NC(=O)CCNC(=O)c1ccsc1. The molecule has 2 amide bonds. The molecule has 0 aliphatic heterocycles. The maximum Gasteiger partial charge on any atom is 0.252 e. The molecule has 20 heavy (non-hydrogen) atoms. The van der Waals surface area contributed by atoms with Gasteiger partial charge in [0.05, 0.1) is 11.1 Å². The van der Waals surface area contributed by atoms with Gasteiger partial charge in [0.2, 0.25) is 5.91 Å². The summed E-state index contributed by atoms with van der Waals surface area (Å²) in [4.78, 5) is 23.5. The van der Waals surface area contributed by atoms with E-state index in [1.54, 1.807) is 39.1 Å². The molecule has 0 bridgehead atoms. The molecule has 0 atom stereocenters. The van der Waals surface area contributed by atoms with E-state index in [0.29, 0.717) is 5.56 Å². The van der Waals surface area contributed by atoms with Gasteiger partial charge in [-0.25, -0.2) is 0 Å². The Morgan fingerprint density at radius 1 is 1.30 bits per heavy atom. The largest absolute Gasteiger partial charge is 0.388 e. The normalized spacial score (nSPS) is 12.1. The van der Waals surface area contributed by atoms with Gasteiger partial charge in [0.1, 0.15) is 0 Å². The second kappa shape index (κ2) is 6.37. The summed E-state index contributed by atoms with van der Waals surface area (Å²) in [7, 11) is 0. The number of aliphatic hydroxyl groups is 1. The van der Waals surface area contributed by atoms with Crippen LogP contribution in [0, 0.1) is 0 Å². The number of hydrogen-bond acceptors (Lipinski definition) is 4. The van der Waals surface area contributed by atoms with Crippen LogP contribution in [0.15, 0.2) is 16.8 Å². The molecule has 112 valence electrons. The van der Waals surface area contributed by atoms with Crippen LogP contribution in [0.3, 0.4) is 0 Å². The number of carbonyl (C=O) groups is 2. The smallest absolute Gasteiger partial charge is 0.252 e. The van der Waals surface area contributed by atoms with Crippen LogP contribution < -0.4 is 10.6 Å². The molecule has 5 nitrogen and oxygen atoms in total. The summed E-state index contributed by atoms with van der Waals surface area (Å²) in [6, 6.07) is 1.73. The molecule has 1 heterocycles. The molecule has 1 rings (SSSR count). The highest BCUT2D eigenvalue weighted by Gasteiger charge is 2.36. The zero-order valence-corrected chi connectivity index (χ0v) is 13.1. The topological polar surface area (TPSA) is 78.4 Å². The molecule has 0 fully saturated rings.